The molecule has 24 heavy (non-hydrogen) atoms. The van der Waals surface area contributed by atoms with Crippen LogP contribution < -0.4 is 5.32 Å². The van der Waals surface area contributed by atoms with E-state index in [9.17, 15) is 8.78 Å². The quantitative estimate of drug-likeness (QED) is 0.903. The molecular weight excluding hydrogens is 308 g/mol. The van der Waals surface area contributed by atoms with Crippen molar-refractivity contribution in [3.05, 3.63) is 46.8 Å². The van der Waals surface area contributed by atoms with E-state index in [1.165, 1.54) is 24.1 Å². The van der Waals surface area contributed by atoms with Gasteiger partial charge in [0.25, 0.3) is 0 Å². The molecule has 2 bridgehead atoms. The van der Waals surface area contributed by atoms with Gasteiger partial charge in [-0.15, -0.1) is 0 Å². The van der Waals surface area contributed by atoms with Crippen LogP contribution in [0.15, 0.2) is 18.2 Å². The van der Waals surface area contributed by atoms with Gasteiger partial charge in [-0.1, -0.05) is 0 Å². The predicted octanol–water partition coefficient (Wildman–Crippen LogP) is 4.40. The van der Waals surface area contributed by atoms with E-state index in [0.29, 0.717) is 24.1 Å². The van der Waals surface area contributed by atoms with E-state index in [1.54, 1.807) is 4.68 Å². The van der Waals surface area contributed by atoms with E-state index in [2.05, 4.69) is 26.1 Å². The minimum absolute atomic E-state index is 0.00456. The normalized spacial score (nSPS) is 22.2. The number of hydrogen-bond acceptors (Lipinski definition) is 2. The third-order valence-electron chi connectivity index (χ3n) is 5.19. The van der Waals surface area contributed by atoms with Crippen LogP contribution in [0.4, 0.5) is 8.78 Å². The highest BCUT2D eigenvalue weighted by Gasteiger charge is 2.43. The predicted molar refractivity (Wildman–Crippen MR) is 89.4 cm³/mol. The zero-order chi connectivity index (χ0) is 17.1. The van der Waals surface area contributed by atoms with E-state index in [1.807, 2.05) is 0 Å². The first kappa shape index (κ1) is 15.8. The van der Waals surface area contributed by atoms with Crippen LogP contribution in [0.2, 0.25) is 0 Å². The highest BCUT2D eigenvalue weighted by molar-refractivity contribution is 5.46. The van der Waals surface area contributed by atoms with Crippen LogP contribution in [-0.2, 0) is 6.54 Å². The Labute approximate surface area is 141 Å². The fourth-order valence-corrected chi connectivity index (χ4v) is 4.14. The largest absolute Gasteiger partial charge is 0.306 e. The van der Waals surface area contributed by atoms with Crippen molar-refractivity contribution in [2.45, 2.75) is 64.0 Å². The van der Waals surface area contributed by atoms with Crippen LogP contribution in [0, 0.1) is 11.6 Å². The van der Waals surface area contributed by atoms with Crippen molar-refractivity contribution in [1.82, 2.24) is 15.1 Å². The smallest absolute Gasteiger partial charge is 0.151 e. The molecule has 0 spiro atoms. The van der Waals surface area contributed by atoms with Crippen molar-refractivity contribution >= 4 is 0 Å². The van der Waals surface area contributed by atoms with Crippen molar-refractivity contribution in [2.24, 2.45) is 0 Å². The Kier molecular flexibility index (Phi) is 3.53. The van der Waals surface area contributed by atoms with Gasteiger partial charge in [0, 0.05) is 29.6 Å². The molecule has 5 heteroatoms. The molecule has 2 atom stereocenters. The second-order valence-corrected chi connectivity index (χ2v) is 8.06. The molecule has 1 saturated carbocycles. The first-order valence-electron chi connectivity index (χ1n) is 8.65. The van der Waals surface area contributed by atoms with Gasteiger partial charge >= 0.3 is 0 Å². The Bertz CT molecular complexity index is 789. The molecule has 128 valence electrons. The molecule has 2 aromatic rings. The van der Waals surface area contributed by atoms with E-state index in [-0.39, 0.29) is 5.54 Å². The Morgan fingerprint density at radius 3 is 2.67 bits per heavy atom. The SMILES string of the molecule is CC(C)(C)NCc1nn(-c2ccc(F)cc2F)c2c1C1CCC2C1. The maximum absolute atomic E-state index is 14.3. The van der Waals surface area contributed by atoms with Crippen LogP contribution in [0.5, 0.6) is 0 Å². The highest BCUT2D eigenvalue weighted by Crippen LogP contribution is 2.54. The zero-order valence-corrected chi connectivity index (χ0v) is 14.4. The van der Waals surface area contributed by atoms with Crippen molar-refractivity contribution in [3.63, 3.8) is 0 Å². The third-order valence-corrected chi connectivity index (χ3v) is 5.19. The van der Waals surface area contributed by atoms with Crippen LogP contribution in [-0.4, -0.2) is 15.3 Å². The topological polar surface area (TPSA) is 29.9 Å². The highest BCUT2D eigenvalue weighted by atomic mass is 19.1. The standard InChI is InChI=1S/C19H23F2N3/c1-19(2,3)22-10-15-17-11-4-5-12(8-11)18(17)24(23-15)16-7-6-13(20)9-14(16)21/h6-7,9,11-12,22H,4-5,8,10H2,1-3H3. The minimum atomic E-state index is -0.559. The molecule has 0 amide bonds. The van der Waals surface area contributed by atoms with Crippen LogP contribution in [0.25, 0.3) is 5.69 Å². The average molecular weight is 331 g/mol. The molecule has 2 aliphatic rings. The third kappa shape index (κ3) is 2.55. The summed E-state index contributed by atoms with van der Waals surface area (Å²) in [6.07, 6.45) is 3.47. The minimum Gasteiger partial charge on any atom is -0.306 e. The van der Waals surface area contributed by atoms with Crippen molar-refractivity contribution in [3.8, 4) is 5.69 Å². The summed E-state index contributed by atoms with van der Waals surface area (Å²) in [5, 5.41) is 8.21. The summed E-state index contributed by atoms with van der Waals surface area (Å²) in [7, 11) is 0. The molecule has 3 nitrogen and oxygen atoms in total. The lowest BCUT2D eigenvalue weighted by molar-refractivity contribution is 0.419. The number of benzene rings is 1. The summed E-state index contributed by atoms with van der Waals surface area (Å²) in [5.41, 5.74) is 3.79. The van der Waals surface area contributed by atoms with Gasteiger partial charge in [0.15, 0.2) is 5.82 Å². The molecule has 0 saturated heterocycles. The summed E-state index contributed by atoms with van der Waals surface area (Å²) in [5.74, 6) is -0.126. The molecule has 0 aliphatic heterocycles. The van der Waals surface area contributed by atoms with Gasteiger partial charge in [-0.2, -0.15) is 5.10 Å². The summed E-state index contributed by atoms with van der Waals surface area (Å²) < 4.78 is 29.3. The molecule has 1 N–H and O–H groups in total. The van der Waals surface area contributed by atoms with E-state index in [4.69, 9.17) is 5.10 Å². The lowest BCUT2D eigenvalue weighted by atomic mass is 9.95. The number of aromatic nitrogens is 2. The molecule has 1 aromatic carbocycles. The molecule has 2 unspecified atom stereocenters. The van der Waals surface area contributed by atoms with Crippen LogP contribution in [0.1, 0.15) is 68.8 Å². The van der Waals surface area contributed by atoms with Gasteiger partial charge in [-0.25, -0.2) is 13.5 Å². The number of nitrogens with one attached hydrogen (secondary N) is 1. The van der Waals surface area contributed by atoms with E-state index < -0.39 is 11.6 Å². The molecule has 4 rings (SSSR count). The Morgan fingerprint density at radius 1 is 1.21 bits per heavy atom. The van der Waals surface area contributed by atoms with E-state index >= 15 is 0 Å². The number of hydrogen-bond donors (Lipinski definition) is 1. The van der Waals surface area contributed by atoms with Crippen molar-refractivity contribution in [2.75, 3.05) is 0 Å². The van der Waals surface area contributed by atoms with Gasteiger partial charge in [-0.05, 0) is 58.1 Å². The summed E-state index contributed by atoms with van der Waals surface area (Å²) in [4.78, 5) is 0. The molecule has 2 aliphatic carbocycles. The van der Waals surface area contributed by atoms with Gasteiger partial charge in [0.1, 0.15) is 11.5 Å². The Hall–Kier alpha value is -1.75. The molecular formula is C19H23F2N3. The van der Waals surface area contributed by atoms with Crippen LogP contribution in [0.3, 0.4) is 0 Å². The number of nitrogens with zero attached hydrogens (tertiary/aromatic N) is 2. The summed E-state index contributed by atoms with van der Waals surface area (Å²) in [6.45, 7) is 7.03. The first-order valence-corrected chi connectivity index (χ1v) is 8.65. The molecule has 1 aromatic heterocycles. The second-order valence-electron chi connectivity index (χ2n) is 8.06. The number of rotatable bonds is 3. The van der Waals surface area contributed by atoms with Crippen molar-refractivity contribution < 1.29 is 8.78 Å². The molecule has 0 radical (unpaired) electrons. The van der Waals surface area contributed by atoms with Gasteiger partial charge in [0.2, 0.25) is 0 Å². The first-order chi connectivity index (χ1) is 11.3. The second kappa shape index (κ2) is 5.38. The maximum Gasteiger partial charge on any atom is 0.151 e. The molecule has 1 fully saturated rings. The fourth-order valence-electron chi connectivity index (χ4n) is 4.14. The van der Waals surface area contributed by atoms with Gasteiger partial charge in [-0.3, -0.25) is 0 Å². The maximum atomic E-state index is 14.3. The fraction of sp³-hybridized carbons (Fsp3) is 0.526. The lowest BCUT2D eigenvalue weighted by Crippen LogP contribution is -2.35. The van der Waals surface area contributed by atoms with Gasteiger partial charge in [0.05, 0.1) is 11.4 Å². The zero-order valence-electron chi connectivity index (χ0n) is 14.4. The Morgan fingerprint density at radius 2 is 1.96 bits per heavy atom. The number of fused-ring (bicyclic) bond motifs is 5. The Balaban J connectivity index is 1.79. The van der Waals surface area contributed by atoms with Gasteiger partial charge < -0.3 is 5.32 Å². The van der Waals surface area contributed by atoms with Crippen LogP contribution >= 0.6 is 0 Å². The van der Waals surface area contributed by atoms with E-state index in [0.717, 1.165) is 30.3 Å². The van der Waals surface area contributed by atoms with Crippen molar-refractivity contribution in [1.29, 1.82) is 0 Å². The summed E-state index contributed by atoms with van der Waals surface area (Å²) >= 11 is 0. The average Bonchev–Trinajstić information content (AvgIpc) is 3.16. The summed E-state index contributed by atoms with van der Waals surface area (Å²) in [6, 6.07) is 3.72. The number of halogens is 2. The lowest BCUT2D eigenvalue weighted by Gasteiger charge is -2.20. The molecule has 1 heterocycles. The monoisotopic (exact) mass is 331 g/mol.